The van der Waals surface area contributed by atoms with E-state index in [2.05, 4.69) is 5.10 Å². The molecule has 0 amide bonds. The molecule has 1 aliphatic rings. The normalized spacial score (nSPS) is 23.3. The minimum Gasteiger partial charge on any atom is -0.372 e. The molecule has 6 nitrogen and oxygen atoms in total. The first-order valence-electron chi connectivity index (χ1n) is 8.80. The Morgan fingerprint density at radius 3 is 2.76 bits per heavy atom. The van der Waals surface area contributed by atoms with Crippen molar-refractivity contribution in [2.75, 3.05) is 13.7 Å². The number of ether oxygens (including phenoxy) is 2. The summed E-state index contributed by atoms with van der Waals surface area (Å²) in [6.07, 6.45) is -4.99. The van der Waals surface area contributed by atoms with Crippen LogP contribution in [0.5, 0.6) is 0 Å². The van der Waals surface area contributed by atoms with Crippen LogP contribution in [0.3, 0.4) is 0 Å². The van der Waals surface area contributed by atoms with Gasteiger partial charge in [-0.1, -0.05) is 18.3 Å². The number of aromatic amines is 1. The second-order valence-electron chi connectivity index (χ2n) is 7.18. The molecule has 0 spiro atoms. The molecule has 0 bridgehead atoms. The fraction of sp³-hybridized carbons (Fsp3) is 0.500. The Kier molecular flexibility index (Phi) is 5.96. The SMILES string of the molecule is COCn1[nH]c(=S)cc1C1CC(C)(S(=O)(=O)c2cccc(C(F)(F)F)c2)CCO1. The monoisotopic (exact) mass is 450 g/mol. The molecule has 1 aromatic heterocycles. The number of hydrogen-bond donors (Lipinski definition) is 1. The van der Waals surface area contributed by atoms with Crippen LogP contribution in [0.1, 0.15) is 37.1 Å². The number of H-pyrrole nitrogens is 1. The van der Waals surface area contributed by atoms with Crippen LogP contribution in [0.25, 0.3) is 0 Å². The molecule has 1 aliphatic heterocycles. The predicted molar refractivity (Wildman–Crippen MR) is 102 cm³/mol. The number of benzene rings is 1. The lowest BCUT2D eigenvalue weighted by molar-refractivity contribution is -0.137. The highest BCUT2D eigenvalue weighted by molar-refractivity contribution is 7.92. The second kappa shape index (κ2) is 7.86. The molecule has 0 aliphatic carbocycles. The van der Waals surface area contributed by atoms with Gasteiger partial charge in [0.15, 0.2) is 9.84 Å². The summed E-state index contributed by atoms with van der Waals surface area (Å²) >= 11 is 5.15. The Morgan fingerprint density at radius 2 is 2.10 bits per heavy atom. The molecule has 11 heteroatoms. The largest absolute Gasteiger partial charge is 0.416 e. The first kappa shape index (κ1) is 22.0. The number of nitrogens with one attached hydrogen (secondary N) is 1. The molecule has 0 saturated carbocycles. The van der Waals surface area contributed by atoms with Crippen molar-refractivity contribution in [3.05, 3.63) is 46.2 Å². The van der Waals surface area contributed by atoms with Crippen molar-refractivity contribution in [3.8, 4) is 0 Å². The molecule has 2 unspecified atom stereocenters. The van der Waals surface area contributed by atoms with E-state index in [1.807, 2.05) is 0 Å². The lowest BCUT2D eigenvalue weighted by atomic mass is 9.95. The Morgan fingerprint density at radius 1 is 1.38 bits per heavy atom. The van der Waals surface area contributed by atoms with E-state index in [1.54, 1.807) is 17.7 Å². The minimum atomic E-state index is -4.62. The van der Waals surface area contributed by atoms with Gasteiger partial charge in [-0.2, -0.15) is 13.2 Å². The predicted octanol–water partition coefficient (Wildman–Crippen LogP) is 4.25. The molecule has 1 aromatic carbocycles. The van der Waals surface area contributed by atoms with Crippen LogP contribution in [-0.2, 0) is 32.2 Å². The van der Waals surface area contributed by atoms with E-state index < -0.39 is 32.4 Å². The summed E-state index contributed by atoms with van der Waals surface area (Å²) < 4.78 is 77.4. The van der Waals surface area contributed by atoms with E-state index in [4.69, 9.17) is 21.7 Å². The molecule has 1 saturated heterocycles. The number of nitrogens with zero attached hydrogens (tertiary/aromatic N) is 1. The van der Waals surface area contributed by atoms with Crippen LogP contribution in [0.15, 0.2) is 35.2 Å². The van der Waals surface area contributed by atoms with E-state index >= 15 is 0 Å². The Hall–Kier alpha value is -1.69. The van der Waals surface area contributed by atoms with Crippen molar-refractivity contribution in [2.45, 2.75) is 48.4 Å². The quantitative estimate of drug-likeness (QED) is 0.690. The maximum absolute atomic E-state index is 13.3. The molecule has 2 aromatic rings. The van der Waals surface area contributed by atoms with Gasteiger partial charge in [-0.3, -0.25) is 9.78 Å². The summed E-state index contributed by atoms with van der Waals surface area (Å²) in [5.74, 6) is 0. The van der Waals surface area contributed by atoms with Crippen LogP contribution in [0, 0.1) is 4.64 Å². The Labute approximate surface area is 171 Å². The first-order valence-corrected chi connectivity index (χ1v) is 10.7. The van der Waals surface area contributed by atoms with Gasteiger partial charge in [0, 0.05) is 13.7 Å². The topological polar surface area (TPSA) is 73.3 Å². The second-order valence-corrected chi connectivity index (χ2v) is 10.1. The van der Waals surface area contributed by atoms with E-state index in [-0.39, 0.29) is 31.1 Å². The zero-order chi connectivity index (χ0) is 21.4. The molecule has 1 N–H and O–H groups in total. The van der Waals surface area contributed by atoms with Crippen LogP contribution < -0.4 is 0 Å². The van der Waals surface area contributed by atoms with Gasteiger partial charge in [0.1, 0.15) is 17.5 Å². The molecular weight excluding hydrogens is 429 g/mol. The van der Waals surface area contributed by atoms with Crippen molar-refractivity contribution in [1.29, 1.82) is 0 Å². The average Bonchev–Trinajstić information content (AvgIpc) is 3.02. The van der Waals surface area contributed by atoms with Crippen LogP contribution in [0.2, 0.25) is 0 Å². The lowest BCUT2D eigenvalue weighted by Crippen LogP contribution is -2.42. The summed E-state index contributed by atoms with van der Waals surface area (Å²) in [6, 6.07) is 5.52. The smallest absolute Gasteiger partial charge is 0.372 e. The highest BCUT2D eigenvalue weighted by Gasteiger charge is 2.46. The van der Waals surface area contributed by atoms with Gasteiger partial charge in [0.2, 0.25) is 0 Å². The van der Waals surface area contributed by atoms with Gasteiger partial charge in [0.25, 0.3) is 0 Å². The van der Waals surface area contributed by atoms with Crippen molar-refractivity contribution < 1.29 is 31.1 Å². The Bertz CT molecular complexity index is 1050. The van der Waals surface area contributed by atoms with E-state index in [0.29, 0.717) is 16.4 Å². The van der Waals surface area contributed by atoms with E-state index in [9.17, 15) is 21.6 Å². The number of methoxy groups -OCH3 is 1. The van der Waals surface area contributed by atoms with Gasteiger partial charge in [-0.15, -0.1) is 0 Å². The summed E-state index contributed by atoms with van der Waals surface area (Å²) in [4.78, 5) is -0.349. The fourth-order valence-electron chi connectivity index (χ4n) is 3.47. The number of aromatic nitrogens is 2. The molecule has 1 fully saturated rings. The molecule has 2 atom stereocenters. The van der Waals surface area contributed by atoms with Gasteiger partial charge >= 0.3 is 6.18 Å². The minimum absolute atomic E-state index is 0.0713. The first-order chi connectivity index (χ1) is 13.5. The molecule has 160 valence electrons. The number of sulfone groups is 1. The van der Waals surface area contributed by atoms with Crippen LogP contribution >= 0.6 is 12.2 Å². The van der Waals surface area contributed by atoms with Crippen molar-refractivity contribution in [1.82, 2.24) is 9.78 Å². The van der Waals surface area contributed by atoms with Crippen LogP contribution in [0.4, 0.5) is 13.2 Å². The van der Waals surface area contributed by atoms with Gasteiger partial charge < -0.3 is 9.47 Å². The number of rotatable bonds is 5. The standard InChI is InChI=1S/C18H21F3N2O4S2/c1-17(29(24,25)13-5-3-4-12(8-13)18(19,20)21)6-7-27-15(10-17)14-9-16(28)22-23(14)11-26-2/h3-5,8-9,15H,6-7,10-11H2,1-2H3,(H,22,28). The molecule has 2 heterocycles. The maximum Gasteiger partial charge on any atom is 0.416 e. The molecule has 3 rings (SSSR count). The van der Waals surface area contributed by atoms with Gasteiger partial charge in [0.05, 0.1) is 20.9 Å². The molecule has 0 radical (unpaired) electrons. The van der Waals surface area contributed by atoms with Gasteiger partial charge in [-0.05, 0) is 44.0 Å². The van der Waals surface area contributed by atoms with Crippen molar-refractivity contribution in [2.24, 2.45) is 0 Å². The summed E-state index contributed by atoms with van der Waals surface area (Å²) in [7, 11) is -2.56. The van der Waals surface area contributed by atoms with Crippen molar-refractivity contribution >= 4 is 22.1 Å². The van der Waals surface area contributed by atoms with Crippen LogP contribution in [-0.4, -0.2) is 36.7 Å². The number of hydrogen-bond acceptors (Lipinski definition) is 5. The highest BCUT2D eigenvalue weighted by atomic mass is 32.2. The fourth-order valence-corrected chi connectivity index (χ4v) is 5.54. The van der Waals surface area contributed by atoms with Gasteiger partial charge in [-0.25, -0.2) is 8.42 Å². The lowest BCUT2D eigenvalue weighted by Gasteiger charge is -2.37. The zero-order valence-corrected chi connectivity index (χ0v) is 17.5. The summed E-state index contributed by atoms with van der Waals surface area (Å²) in [6.45, 7) is 1.85. The number of alkyl halides is 3. The third-order valence-corrected chi connectivity index (χ3v) is 7.86. The maximum atomic E-state index is 13.3. The third kappa shape index (κ3) is 4.27. The van der Waals surface area contributed by atoms with E-state index in [0.717, 1.165) is 12.1 Å². The third-order valence-electron chi connectivity index (χ3n) is 5.11. The molecular formula is C18H21F3N2O4S2. The zero-order valence-electron chi connectivity index (χ0n) is 15.8. The van der Waals surface area contributed by atoms with Crippen molar-refractivity contribution in [3.63, 3.8) is 0 Å². The molecule has 29 heavy (non-hydrogen) atoms. The summed E-state index contributed by atoms with van der Waals surface area (Å²) in [5, 5.41) is 2.92. The summed E-state index contributed by atoms with van der Waals surface area (Å²) in [5.41, 5.74) is -0.368. The average molecular weight is 451 g/mol. The Balaban J connectivity index is 1.97. The number of halogens is 3. The van der Waals surface area contributed by atoms with E-state index in [1.165, 1.54) is 13.2 Å². The highest BCUT2D eigenvalue weighted by Crippen LogP contribution is 2.42.